The van der Waals surface area contributed by atoms with Crippen LogP contribution in [0.15, 0.2) is 0 Å². The van der Waals surface area contributed by atoms with Crippen LogP contribution < -0.4 is 0 Å². The quantitative estimate of drug-likeness (QED) is 0.0617. The maximum absolute atomic E-state index is 13.5. The predicted octanol–water partition coefficient (Wildman–Crippen LogP) is 18.7. The van der Waals surface area contributed by atoms with Crippen molar-refractivity contribution in [1.82, 2.24) is 14.7 Å². The predicted molar refractivity (Wildman–Crippen MR) is 303 cm³/mol. The first kappa shape index (κ1) is 65.9. The van der Waals surface area contributed by atoms with E-state index in [-0.39, 0.29) is 6.10 Å². The molecular weight excluding hydrogens is 847 g/mol. The summed E-state index contributed by atoms with van der Waals surface area (Å²) >= 11 is 0. The van der Waals surface area contributed by atoms with E-state index in [1.54, 1.807) is 0 Å². The minimum atomic E-state index is -0.107. The second kappa shape index (κ2) is 51.7. The summed E-state index contributed by atoms with van der Waals surface area (Å²) in [5.74, 6) is 1.46. The van der Waals surface area contributed by atoms with Gasteiger partial charge in [-0.15, -0.1) is 0 Å². The van der Waals surface area contributed by atoms with Crippen LogP contribution in [0.3, 0.4) is 0 Å². The van der Waals surface area contributed by atoms with Gasteiger partial charge in [-0.25, -0.2) is 0 Å². The molecule has 0 spiro atoms. The molecule has 0 bridgehead atoms. The van der Waals surface area contributed by atoms with Crippen molar-refractivity contribution in [2.24, 2.45) is 5.92 Å². The lowest BCUT2D eigenvalue weighted by atomic mass is 9.87. The first-order valence-corrected chi connectivity index (χ1v) is 31.9. The number of aliphatic hydroxyl groups excluding tert-OH is 1. The molecule has 2 atom stereocenters. The summed E-state index contributed by atoms with van der Waals surface area (Å²) in [4.78, 5) is 34.2. The van der Waals surface area contributed by atoms with Crippen LogP contribution in [-0.4, -0.2) is 83.5 Å². The van der Waals surface area contributed by atoms with Crippen LogP contribution in [0, 0.1) is 5.92 Å². The molecule has 0 unspecified atom stereocenters. The van der Waals surface area contributed by atoms with E-state index in [2.05, 4.69) is 42.4 Å². The third-order valence-corrected chi connectivity index (χ3v) is 15.8. The highest BCUT2D eigenvalue weighted by molar-refractivity contribution is 5.76. The SMILES string of the molecule is CCCCCCCCCCN(CCCCCCCCCC)C(=O)CCCCCCCN(CCCCCCCC(=O)N(CCCCCCCCCC)CCCCCCCCCC)C[C@H]1CCC[C@@H](O)C1. The molecule has 0 aromatic rings. The van der Waals surface area contributed by atoms with E-state index in [0.717, 1.165) is 71.2 Å². The van der Waals surface area contributed by atoms with Crippen molar-refractivity contribution in [3.05, 3.63) is 0 Å². The number of rotatable bonds is 54. The Labute approximate surface area is 433 Å². The van der Waals surface area contributed by atoms with E-state index in [9.17, 15) is 14.7 Å². The van der Waals surface area contributed by atoms with Crippen molar-refractivity contribution in [3.63, 3.8) is 0 Å². The van der Waals surface area contributed by atoms with Gasteiger partial charge in [-0.1, -0.05) is 252 Å². The molecule has 0 aliphatic heterocycles. The Morgan fingerprint density at radius 2 is 0.609 bits per heavy atom. The zero-order valence-electron chi connectivity index (χ0n) is 47.7. The van der Waals surface area contributed by atoms with Crippen molar-refractivity contribution in [3.8, 4) is 0 Å². The molecular formula is C63H125N3O3. The fourth-order valence-corrected chi connectivity index (χ4v) is 11.2. The molecule has 0 aromatic heterocycles. The maximum atomic E-state index is 13.5. The fraction of sp³-hybridized carbons (Fsp3) is 0.968. The average molecular weight is 973 g/mol. The van der Waals surface area contributed by atoms with Crippen LogP contribution in [0.5, 0.6) is 0 Å². The Morgan fingerprint density at radius 1 is 0.348 bits per heavy atom. The van der Waals surface area contributed by atoms with Crippen LogP contribution in [-0.2, 0) is 9.59 Å². The normalized spacial score (nSPS) is 15.1. The van der Waals surface area contributed by atoms with E-state index >= 15 is 0 Å². The van der Waals surface area contributed by atoms with E-state index in [0.29, 0.717) is 17.7 Å². The summed E-state index contributed by atoms with van der Waals surface area (Å²) in [5, 5.41) is 10.4. The molecule has 6 heteroatoms. The monoisotopic (exact) mass is 972 g/mol. The second-order valence-electron chi connectivity index (χ2n) is 22.7. The topological polar surface area (TPSA) is 64.1 Å². The van der Waals surface area contributed by atoms with E-state index in [1.807, 2.05) is 0 Å². The molecule has 2 amide bonds. The van der Waals surface area contributed by atoms with Crippen LogP contribution in [0.1, 0.15) is 336 Å². The Morgan fingerprint density at radius 3 is 0.899 bits per heavy atom. The van der Waals surface area contributed by atoms with Gasteiger partial charge in [0, 0.05) is 45.6 Å². The summed E-state index contributed by atoms with van der Waals surface area (Å²) in [6.45, 7) is 16.5. The number of unbranched alkanes of at least 4 members (excludes halogenated alkanes) is 36. The summed E-state index contributed by atoms with van der Waals surface area (Å²) in [6, 6.07) is 0. The van der Waals surface area contributed by atoms with Gasteiger partial charge >= 0.3 is 0 Å². The molecule has 0 heterocycles. The zero-order valence-corrected chi connectivity index (χ0v) is 47.7. The van der Waals surface area contributed by atoms with Gasteiger partial charge in [0.25, 0.3) is 0 Å². The number of hydrogen-bond acceptors (Lipinski definition) is 4. The summed E-state index contributed by atoms with van der Waals surface area (Å²) in [6.07, 6.45) is 59.9. The number of nitrogens with zero attached hydrogens (tertiary/aromatic N) is 3. The minimum Gasteiger partial charge on any atom is -0.393 e. The molecule has 6 nitrogen and oxygen atoms in total. The molecule has 0 radical (unpaired) electrons. The largest absolute Gasteiger partial charge is 0.393 e. The van der Waals surface area contributed by atoms with Gasteiger partial charge in [0.1, 0.15) is 0 Å². The Hall–Kier alpha value is -1.14. The molecule has 1 N–H and O–H groups in total. The molecule has 69 heavy (non-hydrogen) atoms. The van der Waals surface area contributed by atoms with E-state index in [1.165, 1.54) is 283 Å². The third kappa shape index (κ3) is 43.0. The van der Waals surface area contributed by atoms with Crippen molar-refractivity contribution >= 4 is 11.8 Å². The van der Waals surface area contributed by atoms with Crippen molar-refractivity contribution in [1.29, 1.82) is 0 Å². The minimum absolute atomic E-state index is 0.107. The van der Waals surface area contributed by atoms with E-state index < -0.39 is 0 Å². The summed E-state index contributed by atoms with van der Waals surface area (Å²) < 4.78 is 0. The van der Waals surface area contributed by atoms with Gasteiger partial charge in [-0.2, -0.15) is 0 Å². The standard InChI is InChI=1S/C63H125N3O3/c1-5-9-13-17-21-25-35-43-54-65(55-44-36-26-22-18-14-10-6-2)62(68)50-39-31-29-33-41-52-64(59-60-48-47-49-61(67)58-60)53-42-34-30-32-40-51-63(69)66(56-45-37-27-23-19-15-11-7-3)57-46-38-28-24-20-16-12-8-4/h60-61,67H,5-59H2,1-4H3/t60-,61+/m0/s1. The zero-order chi connectivity index (χ0) is 49.9. The number of carbonyl (C=O) groups is 2. The number of amides is 2. The summed E-state index contributed by atoms with van der Waals surface area (Å²) in [7, 11) is 0. The lowest BCUT2D eigenvalue weighted by Crippen LogP contribution is -2.34. The first-order chi connectivity index (χ1) is 33.9. The number of carbonyl (C=O) groups excluding carboxylic acids is 2. The third-order valence-electron chi connectivity index (χ3n) is 15.8. The average Bonchev–Trinajstić information content (AvgIpc) is 3.34. The molecule has 1 fully saturated rings. The highest BCUT2D eigenvalue weighted by Crippen LogP contribution is 2.26. The smallest absolute Gasteiger partial charge is 0.222 e. The van der Waals surface area contributed by atoms with Crippen LogP contribution in [0.25, 0.3) is 0 Å². The van der Waals surface area contributed by atoms with Crippen LogP contribution in [0.2, 0.25) is 0 Å². The molecule has 0 saturated heterocycles. The Balaban J connectivity index is 2.47. The van der Waals surface area contributed by atoms with E-state index in [4.69, 9.17) is 0 Å². The first-order valence-electron chi connectivity index (χ1n) is 31.9. The Kier molecular flexibility index (Phi) is 49.4. The van der Waals surface area contributed by atoms with Gasteiger partial charge in [0.05, 0.1) is 6.10 Å². The highest BCUT2D eigenvalue weighted by Gasteiger charge is 2.22. The molecule has 1 saturated carbocycles. The van der Waals surface area contributed by atoms with Crippen LogP contribution in [0.4, 0.5) is 0 Å². The van der Waals surface area contributed by atoms with Crippen molar-refractivity contribution in [2.75, 3.05) is 45.8 Å². The highest BCUT2D eigenvalue weighted by atomic mass is 16.3. The molecule has 410 valence electrons. The van der Waals surface area contributed by atoms with Gasteiger partial charge in [0.15, 0.2) is 0 Å². The van der Waals surface area contributed by atoms with Gasteiger partial charge in [0.2, 0.25) is 11.8 Å². The molecule has 1 aliphatic rings. The van der Waals surface area contributed by atoms with Crippen molar-refractivity contribution < 1.29 is 14.7 Å². The molecule has 1 aliphatic carbocycles. The lowest BCUT2D eigenvalue weighted by Gasteiger charge is -2.31. The molecule has 1 rings (SSSR count). The van der Waals surface area contributed by atoms with Gasteiger partial charge < -0.3 is 19.8 Å². The lowest BCUT2D eigenvalue weighted by molar-refractivity contribution is -0.132. The molecule has 0 aromatic carbocycles. The van der Waals surface area contributed by atoms with Gasteiger partial charge in [-0.05, 0) is 89.6 Å². The fourth-order valence-electron chi connectivity index (χ4n) is 11.2. The van der Waals surface area contributed by atoms with Crippen molar-refractivity contribution in [2.45, 2.75) is 342 Å². The summed E-state index contributed by atoms with van der Waals surface area (Å²) in [5.41, 5.74) is 0. The van der Waals surface area contributed by atoms with Gasteiger partial charge in [-0.3, -0.25) is 9.59 Å². The second-order valence-corrected chi connectivity index (χ2v) is 22.7. The number of hydrogen-bond donors (Lipinski definition) is 1. The number of aliphatic hydroxyl groups is 1. The maximum Gasteiger partial charge on any atom is 0.222 e. The van der Waals surface area contributed by atoms with Crippen LogP contribution >= 0.6 is 0 Å². The Bertz CT molecular complexity index is 960.